The number of hydrogen-bond donors (Lipinski definition) is 3. The fourth-order valence-electron chi connectivity index (χ4n) is 1.80. The number of aromatic amines is 1. The lowest BCUT2D eigenvalue weighted by Gasteiger charge is -2.06. The van der Waals surface area contributed by atoms with Crippen LogP contribution in [0.1, 0.15) is 17.4 Å². The number of nitrogens with one attached hydrogen (secondary N) is 1. The molecule has 0 amide bonds. The molecule has 0 aliphatic rings. The SMILES string of the molecule is COc1ccc(-c2cnc(C(N)CO)[nH]2)cc1C. The molecule has 1 aromatic heterocycles. The Morgan fingerprint density at radius 3 is 2.89 bits per heavy atom. The summed E-state index contributed by atoms with van der Waals surface area (Å²) >= 11 is 0. The van der Waals surface area contributed by atoms with Gasteiger partial charge in [-0.15, -0.1) is 0 Å². The fourth-order valence-corrected chi connectivity index (χ4v) is 1.80. The highest BCUT2D eigenvalue weighted by Crippen LogP contribution is 2.25. The van der Waals surface area contributed by atoms with Gasteiger partial charge in [0, 0.05) is 5.56 Å². The van der Waals surface area contributed by atoms with Gasteiger partial charge >= 0.3 is 0 Å². The topological polar surface area (TPSA) is 84.2 Å². The third-order valence-corrected chi connectivity index (χ3v) is 2.85. The van der Waals surface area contributed by atoms with Crippen LogP contribution in [0, 0.1) is 6.92 Å². The summed E-state index contributed by atoms with van der Waals surface area (Å²) in [6.07, 6.45) is 1.71. The predicted octanol–water partition coefficient (Wildman–Crippen LogP) is 1.39. The number of aromatic nitrogens is 2. The molecule has 18 heavy (non-hydrogen) atoms. The number of aliphatic hydroxyl groups is 1. The number of aliphatic hydroxyl groups excluding tert-OH is 1. The summed E-state index contributed by atoms with van der Waals surface area (Å²) in [7, 11) is 1.65. The van der Waals surface area contributed by atoms with Crippen LogP contribution in [-0.2, 0) is 0 Å². The molecule has 2 rings (SSSR count). The molecule has 1 aromatic carbocycles. The van der Waals surface area contributed by atoms with Gasteiger partial charge in [0.15, 0.2) is 0 Å². The fraction of sp³-hybridized carbons (Fsp3) is 0.308. The summed E-state index contributed by atoms with van der Waals surface area (Å²) < 4.78 is 5.22. The second kappa shape index (κ2) is 5.20. The Bertz CT molecular complexity index is 537. The van der Waals surface area contributed by atoms with E-state index in [9.17, 15) is 0 Å². The molecule has 4 N–H and O–H groups in total. The highest BCUT2D eigenvalue weighted by Gasteiger charge is 2.10. The van der Waals surface area contributed by atoms with Crippen LogP contribution < -0.4 is 10.5 Å². The molecule has 2 aromatic rings. The molecule has 0 aliphatic heterocycles. The molecular weight excluding hydrogens is 230 g/mol. The lowest BCUT2D eigenvalue weighted by atomic mass is 10.1. The van der Waals surface area contributed by atoms with Crippen molar-refractivity contribution in [3.8, 4) is 17.0 Å². The largest absolute Gasteiger partial charge is 0.496 e. The van der Waals surface area contributed by atoms with E-state index in [1.54, 1.807) is 13.3 Å². The molecule has 5 nitrogen and oxygen atoms in total. The van der Waals surface area contributed by atoms with E-state index in [4.69, 9.17) is 15.6 Å². The third-order valence-electron chi connectivity index (χ3n) is 2.85. The summed E-state index contributed by atoms with van der Waals surface area (Å²) in [6, 6.07) is 5.41. The zero-order valence-corrected chi connectivity index (χ0v) is 10.5. The summed E-state index contributed by atoms with van der Waals surface area (Å²) in [6.45, 7) is 1.85. The molecule has 0 spiro atoms. The zero-order valence-electron chi connectivity index (χ0n) is 10.5. The molecule has 0 fully saturated rings. The van der Waals surface area contributed by atoms with Gasteiger partial charge in [-0.1, -0.05) is 0 Å². The van der Waals surface area contributed by atoms with Gasteiger partial charge in [-0.25, -0.2) is 4.98 Å². The first-order chi connectivity index (χ1) is 8.65. The zero-order chi connectivity index (χ0) is 13.1. The number of methoxy groups -OCH3 is 1. The van der Waals surface area contributed by atoms with Crippen LogP contribution in [0.3, 0.4) is 0 Å². The Labute approximate surface area is 106 Å². The van der Waals surface area contributed by atoms with Crippen LogP contribution in [-0.4, -0.2) is 28.8 Å². The van der Waals surface area contributed by atoms with Gasteiger partial charge in [-0.2, -0.15) is 0 Å². The van der Waals surface area contributed by atoms with Crippen molar-refractivity contribution in [3.05, 3.63) is 35.8 Å². The van der Waals surface area contributed by atoms with Crippen molar-refractivity contribution >= 4 is 0 Å². The number of hydrogen-bond acceptors (Lipinski definition) is 4. The number of rotatable bonds is 4. The molecular formula is C13H17N3O2. The lowest BCUT2D eigenvalue weighted by Crippen LogP contribution is -2.15. The average Bonchev–Trinajstić information content (AvgIpc) is 2.87. The third kappa shape index (κ3) is 2.37. The highest BCUT2D eigenvalue weighted by molar-refractivity contribution is 5.61. The van der Waals surface area contributed by atoms with Crippen LogP contribution in [0.5, 0.6) is 5.75 Å². The van der Waals surface area contributed by atoms with Gasteiger partial charge in [0.2, 0.25) is 0 Å². The molecule has 96 valence electrons. The molecule has 1 unspecified atom stereocenters. The first kappa shape index (κ1) is 12.6. The van der Waals surface area contributed by atoms with E-state index in [0.717, 1.165) is 22.6 Å². The van der Waals surface area contributed by atoms with Crippen molar-refractivity contribution in [2.75, 3.05) is 13.7 Å². The summed E-state index contributed by atoms with van der Waals surface area (Å²) in [4.78, 5) is 7.27. The lowest BCUT2D eigenvalue weighted by molar-refractivity contribution is 0.264. The van der Waals surface area contributed by atoms with Gasteiger partial charge in [0.25, 0.3) is 0 Å². The van der Waals surface area contributed by atoms with E-state index < -0.39 is 6.04 Å². The molecule has 0 aliphatic carbocycles. The van der Waals surface area contributed by atoms with Crippen LogP contribution in [0.2, 0.25) is 0 Å². The number of nitrogens with two attached hydrogens (primary N) is 1. The van der Waals surface area contributed by atoms with Crippen molar-refractivity contribution < 1.29 is 9.84 Å². The Balaban J connectivity index is 2.31. The second-order valence-electron chi connectivity index (χ2n) is 4.16. The maximum atomic E-state index is 8.98. The molecule has 0 saturated carbocycles. The summed E-state index contributed by atoms with van der Waals surface area (Å²) in [5, 5.41) is 8.98. The van der Waals surface area contributed by atoms with Crippen molar-refractivity contribution in [3.63, 3.8) is 0 Å². The smallest absolute Gasteiger partial charge is 0.125 e. The molecule has 0 saturated heterocycles. The van der Waals surface area contributed by atoms with Gasteiger partial charge in [0.1, 0.15) is 11.6 Å². The van der Waals surface area contributed by atoms with Gasteiger partial charge < -0.3 is 20.6 Å². The van der Waals surface area contributed by atoms with Crippen LogP contribution in [0.15, 0.2) is 24.4 Å². The van der Waals surface area contributed by atoms with Crippen molar-refractivity contribution in [1.82, 2.24) is 9.97 Å². The predicted molar refractivity (Wildman–Crippen MR) is 69.3 cm³/mol. The van der Waals surface area contributed by atoms with Crippen LogP contribution in [0.25, 0.3) is 11.3 Å². The molecule has 1 atom stereocenters. The number of nitrogens with zero attached hydrogens (tertiary/aromatic N) is 1. The van der Waals surface area contributed by atoms with E-state index >= 15 is 0 Å². The minimum absolute atomic E-state index is 0.130. The molecule has 0 radical (unpaired) electrons. The molecule has 5 heteroatoms. The summed E-state index contributed by atoms with van der Waals surface area (Å²) in [5.74, 6) is 1.44. The van der Waals surface area contributed by atoms with E-state index in [1.165, 1.54) is 0 Å². The Morgan fingerprint density at radius 2 is 2.28 bits per heavy atom. The summed E-state index contributed by atoms with van der Waals surface area (Å²) in [5.41, 5.74) is 8.64. The first-order valence-corrected chi connectivity index (χ1v) is 5.72. The minimum Gasteiger partial charge on any atom is -0.496 e. The van der Waals surface area contributed by atoms with E-state index in [2.05, 4.69) is 9.97 Å². The Morgan fingerprint density at radius 1 is 1.50 bits per heavy atom. The second-order valence-corrected chi connectivity index (χ2v) is 4.16. The standard InChI is InChI=1S/C13H17N3O2/c1-8-5-9(3-4-12(8)18-2)11-6-15-13(16-11)10(14)7-17/h3-6,10,17H,7,14H2,1-2H3,(H,15,16). The van der Waals surface area contributed by atoms with Crippen molar-refractivity contribution in [2.45, 2.75) is 13.0 Å². The molecule has 1 heterocycles. The Kier molecular flexibility index (Phi) is 3.64. The maximum absolute atomic E-state index is 8.98. The number of imidazole rings is 1. The van der Waals surface area contributed by atoms with E-state index in [-0.39, 0.29) is 6.61 Å². The Hall–Kier alpha value is -1.85. The highest BCUT2D eigenvalue weighted by atomic mass is 16.5. The van der Waals surface area contributed by atoms with Crippen molar-refractivity contribution in [1.29, 1.82) is 0 Å². The van der Waals surface area contributed by atoms with E-state index in [0.29, 0.717) is 5.82 Å². The van der Waals surface area contributed by atoms with E-state index in [1.807, 2.05) is 25.1 Å². The quantitative estimate of drug-likeness (QED) is 0.762. The maximum Gasteiger partial charge on any atom is 0.125 e. The number of aryl methyl sites for hydroxylation is 1. The number of H-pyrrole nitrogens is 1. The van der Waals surface area contributed by atoms with Crippen molar-refractivity contribution in [2.24, 2.45) is 5.73 Å². The number of benzene rings is 1. The van der Waals surface area contributed by atoms with Crippen LogP contribution in [0.4, 0.5) is 0 Å². The average molecular weight is 247 g/mol. The van der Waals surface area contributed by atoms with Crippen LogP contribution >= 0.6 is 0 Å². The monoisotopic (exact) mass is 247 g/mol. The first-order valence-electron chi connectivity index (χ1n) is 5.72. The normalized spacial score (nSPS) is 12.4. The van der Waals surface area contributed by atoms with Gasteiger partial charge in [-0.3, -0.25) is 0 Å². The van der Waals surface area contributed by atoms with Gasteiger partial charge in [0.05, 0.1) is 31.6 Å². The molecule has 0 bridgehead atoms. The van der Waals surface area contributed by atoms with Gasteiger partial charge in [-0.05, 0) is 30.7 Å². The minimum atomic E-state index is -0.474. The number of ether oxygens (including phenoxy) is 1.